The quantitative estimate of drug-likeness (QED) is 0.357. The third kappa shape index (κ3) is 3.63. The van der Waals surface area contributed by atoms with Crippen LogP contribution in [-0.2, 0) is 4.74 Å². The van der Waals surface area contributed by atoms with Gasteiger partial charge in [-0.2, -0.15) is 0 Å². The minimum absolute atomic E-state index is 0.0489. The van der Waals surface area contributed by atoms with Crippen molar-refractivity contribution in [1.29, 1.82) is 0 Å². The van der Waals surface area contributed by atoms with Crippen LogP contribution in [0.1, 0.15) is 68.4 Å². The second-order valence-electron chi connectivity index (χ2n) is 8.62. The van der Waals surface area contributed by atoms with Gasteiger partial charge in [0.1, 0.15) is 16.3 Å². The van der Waals surface area contributed by atoms with Crippen LogP contribution in [0.15, 0.2) is 51.7 Å². The topological polar surface area (TPSA) is 89.7 Å². The molecule has 0 spiro atoms. The number of hydrogen-bond acceptors (Lipinski definition) is 7. The first-order valence-corrected chi connectivity index (χ1v) is 11.8. The Morgan fingerprint density at radius 3 is 2.54 bits per heavy atom. The number of carbonyl (C=O) groups is 2. The lowest BCUT2D eigenvalue weighted by molar-refractivity contribution is 0.0605. The van der Waals surface area contributed by atoms with Crippen molar-refractivity contribution in [1.82, 2.24) is 4.98 Å². The number of nitrogens with zero attached hydrogens (tertiary/aromatic N) is 2. The smallest absolute Gasteiger partial charge is 0.350 e. The summed E-state index contributed by atoms with van der Waals surface area (Å²) >= 11 is 0.999. The number of esters is 1. The summed E-state index contributed by atoms with van der Waals surface area (Å²) in [5.74, 6) is -1.55. The largest absolute Gasteiger partial charge is 0.465 e. The van der Waals surface area contributed by atoms with E-state index < -0.39 is 29.2 Å². The summed E-state index contributed by atoms with van der Waals surface area (Å²) in [6, 6.07) is 10.3. The molecule has 0 bridgehead atoms. The van der Waals surface area contributed by atoms with Crippen LogP contribution in [0.5, 0.6) is 0 Å². The lowest BCUT2D eigenvalue weighted by Gasteiger charge is -2.23. The maximum absolute atomic E-state index is 14.0. The number of methoxy groups -OCH3 is 1. The molecule has 0 unspecified atom stereocenters. The Morgan fingerprint density at radius 1 is 1.17 bits per heavy atom. The fourth-order valence-electron chi connectivity index (χ4n) is 4.29. The molecule has 2 aromatic heterocycles. The molecule has 1 atom stereocenters. The second-order valence-corrected chi connectivity index (χ2v) is 9.59. The number of anilines is 1. The Morgan fingerprint density at radius 2 is 1.89 bits per heavy atom. The standard InChI is InChI=1S/C26H21FN2O5S/c1-12(2)14-5-7-15(8-6-14)20-19-21(30)17-11-16(27)9-10-18(17)34-22(19)24(31)29(20)26-28-13(3)23(35-26)25(32)33-4/h5-12,20H,1-4H3/t20-/m1/s1. The molecule has 0 radical (unpaired) electrons. The molecule has 1 aliphatic rings. The van der Waals surface area contributed by atoms with Gasteiger partial charge < -0.3 is 9.15 Å². The average Bonchev–Trinajstić information content (AvgIpc) is 3.36. The number of thiazole rings is 1. The Kier molecular flexibility index (Phi) is 5.52. The van der Waals surface area contributed by atoms with Gasteiger partial charge in [0, 0.05) is 0 Å². The van der Waals surface area contributed by atoms with Crippen molar-refractivity contribution in [3.05, 3.63) is 91.5 Å². The van der Waals surface area contributed by atoms with Crippen molar-refractivity contribution in [2.45, 2.75) is 32.7 Å². The molecule has 0 N–H and O–H groups in total. The van der Waals surface area contributed by atoms with Gasteiger partial charge in [0.05, 0.1) is 29.8 Å². The molecule has 178 valence electrons. The van der Waals surface area contributed by atoms with Gasteiger partial charge in [0.15, 0.2) is 10.6 Å². The van der Waals surface area contributed by atoms with Crippen LogP contribution >= 0.6 is 11.3 Å². The van der Waals surface area contributed by atoms with Crippen molar-refractivity contribution < 1.29 is 23.1 Å². The number of aryl methyl sites for hydroxylation is 1. The highest BCUT2D eigenvalue weighted by molar-refractivity contribution is 7.17. The number of amides is 1. The summed E-state index contributed by atoms with van der Waals surface area (Å²) in [7, 11) is 1.27. The number of halogens is 1. The molecule has 0 saturated carbocycles. The van der Waals surface area contributed by atoms with Gasteiger partial charge in [0.25, 0.3) is 5.91 Å². The van der Waals surface area contributed by atoms with Gasteiger partial charge in [-0.1, -0.05) is 49.4 Å². The summed E-state index contributed by atoms with van der Waals surface area (Å²) in [5, 5.41) is 0.277. The van der Waals surface area contributed by atoms with E-state index in [1.807, 2.05) is 24.3 Å². The Hall–Kier alpha value is -3.85. The average molecular weight is 493 g/mol. The first kappa shape index (κ1) is 22.9. The summed E-state index contributed by atoms with van der Waals surface area (Å²) < 4.78 is 24.7. The molecular weight excluding hydrogens is 471 g/mol. The number of fused-ring (bicyclic) bond motifs is 2. The number of benzene rings is 2. The number of ether oxygens (including phenoxy) is 1. The molecule has 5 rings (SSSR count). The molecule has 3 heterocycles. The number of rotatable bonds is 4. The predicted octanol–water partition coefficient (Wildman–Crippen LogP) is 5.36. The Bertz CT molecular complexity index is 1550. The number of hydrogen-bond donors (Lipinski definition) is 0. The van der Waals surface area contributed by atoms with E-state index in [1.165, 1.54) is 24.1 Å². The van der Waals surface area contributed by atoms with Crippen molar-refractivity contribution in [2.24, 2.45) is 0 Å². The molecule has 7 nitrogen and oxygen atoms in total. The third-order valence-corrected chi connectivity index (χ3v) is 7.25. The third-order valence-electron chi connectivity index (χ3n) is 6.11. The monoisotopic (exact) mass is 492 g/mol. The highest BCUT2D eigenvalue weighted by atomic mass is 32.1. The molecule has 0 saturated heterocycles. The first-order chi connectivity index (χ1) is 16.7. The highest BCUT2D eigenvalue weighted by Crippen LogP contribution is 2.43. The van der Waals surface area contributed by atoms with Crippen LogP contribution in [0.2, 0.25) is 0 Å². The summed E-state index contributed by atoms with van der Waals surface area (Å²) in [4.78, 5) is 45.5. The maximum Gasteiger partial charge on any atom is 0.350 e. The number of aromatic nitrogens is 1. The summed E-state index contributed by atoms with van der Waals surface area (Å²) in [6.07, 6.45) is 0. The fraction of sp³-hybridized carbons (Fsp3) is 0.231. The van der Waals surface area contributed by atoms with E-state index in [0.717, 1.165) is 23.0 Å². The summed E-state index contributed by atoms with van der Waals surface area (Å²) in [5.41, 5.74) is 1.90. The zero-order chi connectivity index (χ0) is 25.0. The van der Waals surface area contributed by atoms with Gasteiger partial charge in [-0.05, 0) is 42.2 Å². The molecule has 2 aromatic carbocycles. The first-order valence-electron chi connectivity index (χ1n) is 11.0. The molecule has 4 aromatic rings. The van der Waals surface area contributed by atoms with E-state index >= 15 is 0 Å². The molecule has 9 heteroatoms. The van der Waals surface area contributed by atoms with Crippen molar-refractivity contribution in [3.8, 4) is 0 Å². The zero-order valence-electron chi connectivity index (χ0n) is 19.4. The van der Waals surface area contributed by atoms with E-state index in [1.54, 1.807) is 6.92 Å². The van der Waals surface area contributed by atoms with Crippen LogP contribution in [0, 0.1) is 12.7 Å². The van der Waals surface area contributed by atoms with Gasteiger partial charge in [-0.15, -0.1) is 0 Å². The van der Waals surface area contributed by atoms with Crippen LogP contribution in [0.3, 0.4) is 0 Å². The normalized spacial score (nSPS) is 15.2. The fourth-order valence-corrected chi connectivity index (χ4v) is 5.30. The van der Waals surface area contributed by atoms with Gasteiger partial charge in [-0.3, -0.25) is 14.5 Å². The van der Waals surface area contributed by atoms with Crippen molar-refractivity contribution in [3.63, 3.8) is 0 Å². The molecule has 0 aliphatic carbocycles. The maximum atomic E-state index is 14.0. The highest BCUT2D eigenvalue weighted by Gasteiger charge is 2.45. The minimum atomic E-state index is -0.862. The molecular formula is C26H21FN2O5S. The van der Waals surface area contributed by atoms with Crippen molar-refractivity contribution in [2.75, 3.05) is 12.0 Å². The Labute approximate surface area is 203 Å². The lowest BCUT2D eigenvalue weighted by atomic mass is 9.95. The molecule has 1 aliphatic heterocycles. The van der Waals surface area contributed by atoms with E-state index in [4.69, 9.17) is 9.15 Å². The van der Waals surface area contributed by atoms with E-state index in [-0.39, 0.29) is 32.3 Å². The predicted molar refractivity (Wildman–Crippen MR) is 130 cm³/mol. The second kappa shape index (κ2) is 8.42. The van der Waals surface area contributed by atoms with E-state index in [2.05, 4.69) is 18.8 Å². The van der Waals surface area contributed by atoms with E-state index in [0.29, 0.717) is 17.2 Å². The number of carbonyl (C=O) groups excluding carboxylic acids is 2. The van der Waals surface area contributed by atoms with Crippen molar-refractivity contribution >= 4 is 39.3 Å². The Balaban J connectivity index is 1.76. The summed E-state index contributed by atoms with van der Waals surface area (Å²) in [6.45, 7) is 5.78. The minimum Gasteiger partial charge on any atom is -0.465 e. The van der Waals surface area contributed by atoms with Crippen LogP contribution in [0.25, 0.3) is 11.0 Å². The van der Waals surface area contributed by atoms with Gasteiger partial charge >= 0.3 is 5.97 Å². The molecule has 35 heavy (non-hydrogen) atoms. The van der Waals surface area contributed by atoms with Gasteiger partial charge in [-0.25, -0.2) is 14.2 Å². The lowest BCUT2D eigenvalue weighted by Crippen LogP contribution is -2.29. The van der Waals surface area contributed by atoms with Crippen LogP contribution in [0.4, 0.5) is 9.52 Å². The zero-order valence-corrected chi connectivity index (χ0v) is 20.2. The molecule has 0 fully saturated rings. The van der Waals surface area contributed by atoms with Gasteiger partial charge in [0.2, 0.25) is 5.76 Å². The van der Waals surface area contributed by atoms with E-state index in [9.17, 15) is 18.8 Å². The molecule has 1 amide bonds. The van der Waals surface area contributed by atoms with Crippen LogP contribution in [-0.4, -0.2) is 24.0 Å². The SMILES string of the molecule is COC(=O)c1sc(N2C(=O)c3oc4ccc(F)cc4c(=O)c3[C@H]2c2ccc(C(C)C)cc2)nc1C. The van der Waals surface area contributed by atoms with Crippen LogP contribution < -0.4 is 10.3 Å².